The van der Waals surface area contributed by atoms with Crippen molar-refractivity contribution in [3.63, 3.8) is 0 Å². The van der Waals surface area contributed by atoms with Crippen molar-refractivity contribution >= 4 is 23.8 Å². The van der Waals surface area contributed by atoms with E-state index in [0.29, 0.717) is 12.8 Å². The maximum Gasteiger partial charge on any atom is 0.326 e. The number of hydrogen-bond donors (Lipinski definition) is 2. The number of rotatable bonds is 4. The largest absolute Gasteiger partial charge is 0.454 e. The molecule has 8 heteroatoms. The van der Waals surface area contributed by atoms with E-state index in [2.05, 4.69) is 31.4 Å². The molecule has 2 N–H and O–H groups in total. The van der Waals surface area contributed by atoms with Crippen LogP contribution in [0, 0.1) is 11.3 Å². The Kier molecular flexibility index (Phi) is 5.59. The highest BCUT2D eigenvalue weighted by atomic mass is 16.5. The molecule has 0 aromatic carbocycles. The highest BCUT2D eigenvalue weighted by Gasteiger charge is 2.56. The fraction of sp³-hybridized carbons (Fsp3) is 0.789. The van der Waals surface area contributed by atoms with Crippen molar-refractivity contribution in [1.82, 2.24) is 15.5 Å². The SMILES string of the molecule is C[C@H]1CC(C)(C)C[C@]2(C1)NC(=O)N(CC(=O)OCC(=O)NC(C)(C)C)C2=O. The standard InChI is InChI=1S/C19H31N3O5/c1-12-7-18(5,6)11-19(8-12)15(25)22(16(26)21-19)9-14(24)27-10-13(23)20-17(2,3)4/h12H,7-11H2,1-6H3,(H,20,23)(H,21,26)/t12-,19-/m0/s1. The fourth-order valence-electron chi connectivity index (χ4n) is 4.42. The zero-order valence-corrected chi connectivity index (χ0v) is 17.1. The van der Waals surface area contributed by atoms with Crippen molar-refractivity contribution in [3.05, 3.63) is 0 Å². The second-order valence-corrected chi connectivity index (χ2v) is 9.72. The van der Waals surface area contributed by atoms with Gasteiger partial charge in [0, 0.05) is 5.54 Å². The van der Waals surface area contributed by atoms with Crippen molar-refractivity contribution in [1.29, 1.82) is 0 Å². The molecule has 0 radical (unpaired) electrons. The number of ether oxygens (including phenoxy) is 1. The number of amides is 4. The monoisotopic (exact) mass is 381 g/mol. The lowest BCUT2D eigenvalue weighted by molar-refractivity contribution is -0.151. The smallest absolute Gasteiger partial charge is 0.326 e. The molecule has 1 saturated heterocycles. The topological polar surface area (TPSA) is 105 Å². The average Bonchev–Trinajstić information content (AvgIpc) is 2.65. The van der Waals surface area contributed by atoms with Crippen molar-refractivity contribution in [2.45, 2.75) is 71.9 Å². The van der Waals surface area contributed by atoms with Gasteiger partial charge in [-0.15, -0.1) is 0 Å². The van der Waals surface area contributed by atoms with E-state index in [0.717, 1.165) is 11.3 Å². The minimum atomic E-state index is -0.956. The van der Waals surface area contributed by atoms with Crippen molar-refractivity contribution in [2.75, 3.05) is 13.2 Å². The zero-order valence-electron chi connectivity index (χ0n) is 17.1. The number of nitrogens with zero attached hydrogens (tertiary/aromatic N) is 1. The molecular formula is C19H31N3O5. The molecule has 2 aliphatic rings. The van der Waals surface area contributed by atoms with Gasteiger partial charge < -0.3 is 15.4 Å². The van der Waals surface area contributed by atoms with Gasteiger partial charge in [0.25, 0.3) is 11.8 Å². The first-order valence-electron chi connectivity index (χ1n) is 9.34. The number of hydrogen-bond acceptors (Lipinski definition) is 5. The maximum absolute atomic E-state index is 12.9. The normalized spacial score (nSPS) is 27.5. The van der Waals surface area contributed by atoms with Crippen LogP contribution in [-0.2, 0) is 19.1 Å². The molecule has 0 aromatic heterocycles. The molecule has 0 bridgehead atoms. The van der Waals surface area contributed by atoms with Crippen LogP contribution in [0.2, 0.25) is 0 Å². The molecule has 27 heavy (non-hydrogen) atoms. The molecule has 1 saturated carbocycles. The second-order valence-electron chi connectivity index (χ2n) is 9.72. The summed E-state index contributed by atoms with van der Waals surface area (Å²) in [6, 6.07) is -0.582. The zero-order chi connectivity index (χ0) is 20.6. The van der Waals surface area contributed by atoms with E-state index in [-0.39, 0.29) is 17.2 Å². The number of carbonyl (C=O) groups excluding carboxylic acids is 4. The first-order valence-corrected chi connectivity index (χ1v) is 9.34. The number of urea groups is 1. The van der Waals surface area contributed by atoms with Gasteiger partial charge in [-0.05, 0) is 51.4 Å². The molecule has 1 spiro atoms. The van der Waals surface area contributed by atoms with Crippen LogP contribution in [0.25, 0.3) is 0 Å². The summed E-state index contributed by atoms with van der Waals surface area (Å²) in [5.74, 6) is -1.33. The van der Waals surface area contributed by atoms with Crippen molar-refractivity contribution in [3.8, 4) is 0 Å². The van der Waals surface area contributed by atoms with E-state index in [9.17, 15) is 19.2 Å². The van der Waals surface area contributed by atoms with Gasteiger partial charge in [0.1, 0.15) is 12.1 Å². The Morgan fingerprint density at radius 3 is 2.44 bits per heavy atom. The third kappa shape index (κ3) is 5.20. The van der Waals surface area contributed by atoms with Crippen LogP contribution in [0.1, 0.15) is 60.8 Å². The average molecular weight is 381 g/mol. The quantitative estimate of drug-likeness (QED) is 0.568. The van der Waals surface area contributed by atoms with Gasteiger partial charge in [-0.3, -0.25) is 19.3 Å². The molecule has 2 atom stereocenters. The molecule has 1 heterocycles. The highest BCUT2D eigenvalue weighted by molar-refractivity contribution is 6.08. The van der Waals surface area contributed by atoms with Crippen molar-refractivity contribution in [2.24, 2.45) is 11.3 Å². The van der Waals surface area contributed by atoms with Crippen LogP contribution in [0.15, 0.2) is 0 Å². The fourth-order valence-corrected chi connectivity index (χ4v) is 4.42. The highest BCUT2D eigenvalue weighted by Crippen LogP contribution is 2.46. The Labute approximate surface area is 160 Å². The van der Waals surface area contributed by atoms with Crippen LogP contribution in [0.4, 0.5) is 4.79 Å². The van der Waals surface area contributed by atoms with E-state index < -0.39 is 42.1 Å². The van der Waals surface area contributed by atoms with Gasteiger partial charge in [-0.25, -0.2) is 4.79 Å². The summed E-state index contributed by atoms with van der Waals surface area (Å²) in [5.41, 5.74) is -1.48. The Bertz CT molecular complexity index is 652. The van der Waals surface area contributed by atoms with Crippen LogP contribution in [-0.4, -0.2) is 52.9 Å². The molecule has 4 amide bonds. The molecule has 1 aliphatic heterocycles. The predicted octanol–water partition coefficient (Wildman–Crippen LogP) is 1.58. The molecule has 8 nitrogen and oxygen atoms in total. The Morgan fingerprint density at radius 2 is 1.89 bits per heavy atom. The third-order valence-electron chi connectivity index (χ3n) is 4.79. The number of carbonyl (C=O) groups is 4. The molecule has 2 fully saturated rings. The van der Waals surface area contributed by atoms with E-state index in [1.807, 2.05) is 20.8 Å². The second kappa shape index (κ2) is 7.13. The minimum absolute atomic E-state index is 0.0812. The van der Waals surface area contributed by atoms with E-state index in [1.165, 1.54) is 0 Å². The molecule has 0 unspecified atom stereocenters. The summed E-state index contributed by atoms with van der Waals surface area (Å²) >= 11 is 0. The van der Waals surface area contributed by atoms with E-state index in [1.54, 1.807) is 0 Å². The van der Waals surface area contributed by atoms with Crippen LogP contribution in [0.3, 0.4) is 0 Å². The Morgan fingerprint density at radius 1 is 1.26 bits per heavy atom. The Balaban J connectivity index is 1.97. The van der Waals surface area contributed by atoms with Gasteiger partial charge >= 0.3 is 12.0 Å². The summed E-state index contributed by atoms with van der Waals surface area (Å²) < 4.78 is 4.92. The first kappa shape index (κ1) is 21.2. The summed E-state index contributed by atoms with van der Waals surface area (Å²) in [6.07, 6.45) is 2.07. The number of imide groups is 1. The molecule has 1 aliphatic carbocycles. The van der Waals surface area contributed by atoms with Gasteiger partial charge in [0.05, 0.1) is 0 Å². The van der Waals surface area contributed by atoms with Crippen LogP contribution >= 0.6 is 0 Å². The predicted molar refractivity (Wildman–Crippen MR) is 98.6 cm³/mol. The summed E-state index contributed by atoms with van der Waals surface area (Å²) in [6.45, 7) is 10.7. The lowest BCUT2D eigenvalue weighted by Gasteiger charge is -2.43. The van der Waals surface area contributed by atoms with Gasteiger partial charge in [0.2, 0.25) is 0 Å². The van der Waals surface area contributed by atoms with E-state index >= 15 is 0 Å². The van der Waals surface area contributed by atoms with Gasteiger partial charge in [-0.1, -0.05) is 20.8 Å². The molecule has 0 aromatic rings. The molecule has 2 rings (SSSR count). The number of esters is 1. The minimum Gasteiger partial charge on any atom is -0.454 e. The summed E-state index contributed by atoms with van der Waals surface area (Å²) in [4.78, 5) is 50.0. The third-order valence-corrected chi connectivity index (χ3v) is 4.79. The molecule has 152 valence electrons. The summed E-state index contributed by atoms with van der Waals surface area (Å²) in [5, 5.41) is 5.48. The van der Waals surface area contributed by atoms with Crippen LogP contribution in [0.5, 0.6) is 0 Å². The number of nitrogens with one attached hydrogen (secondary N) is 2. The van der Waals surface area contributed by atoms with E-state index in [4.69, 9.17) is 4.74 Å². The molecular weight excluding hydrogens is 350 g/mol. The first-order chi connectivity index (χ1) is 12.2. The van der Waals surface area contributed by atoms with Crippen molar-refractivity contribution < 1.29 is 23.9 Å². The maximum atomic E-state index is 12.9. The Hall–Kier alpha value is -2.12. The summed E-state index contributed by atoms with van der Waals surface area (Å²) in [7, 11) is 0. The van der Waals surface area contributed by atoms with Gasteiger partial charge in [-0.2, -0.15) is 0 Å². The van der Waals surface area contributed by atoms with Crippen LogP contribution < -0.4 is 10.6 Å². The lowest BCUT2D eigenvalue weighted by atomic mass is 9.64. The van der Waals surface area contributed by atoms with Gasteiger partial charge in [0.15, 0.2) is 6.61 Å². The lowest BCUT2D eigenvalue weighted by Crippen LogP contribution is -2.54.